The van der Waals surface area contributed by atoms with E-state index in [4.69, 9.17) is 14.2 Å². The molecule has 0 N–H and O–H groups in total. The normalized spacial score (nSPS) is 17.9. The summed E-state index contributed by atoms with van der Waals surface area (Å²) in [6.07, 6.45) is 17.7. The van der Waals surface area contributed by atoms with Crippen LogP contribution in [0.1, 0.15) is 109 Å². The minimum absolute atomic E-state index is 0.324. The van der Waals surface area contributed by atoms with E-state index in [1.807, 2.05) is 18.2 Å². The van der Waals surface area contributed by atoms with Gasteiger partial charge in [-0.15, -0.1) is 0 Å². The minimum atomic E-state index is -0.394. The Morgan fingerprint density at radius 3 is 2.14 bits per heavy atom. The van der Waals surface area contributed by atoms with E-state index < -0.39 is 6.29 Å². The molecule has 0 spiro atoms. The van der Waals surface area contributed by atoms with Crippen LogP contribution in [0.25, 0.3) is 11.3 Å². The molecule has 0 atom stereocenters. The lowest BCUT2D eigenvalue weighted by atomic mass is 10.0. The molecule has 36 heavy (non-hydrogen) atoms. The predicted molar refractivity (Wildman–Crippen MR) is 145 cm³/mol. The van der Waals surface area contributed by atoms with Crippen LogP contribution in [0.3, 0.4) is 0 Å². The van der Waals surface area contributed by atoms with Crippen molar-refractivity contribution in [2.45, 2.75) is 104 Å². The number of nitrogens with zero attached hydrogens (tertiary/aromatic N) is 1. The molecule has 1 aromatic carbocycles. The Morgan fingerprint density at radius 2 is 1.50 bits per heavy atom. The zero-order chi connectivity index (χ0) is 25.4. The number of benzene rings is 1. The van der Waals surface area contributed by atoms with E-state index in [-0.39, 0.29) is 5.82 Å². The summed E-state index contributed by atoms with van der Waals surface area (Å²) in [6, 6.07) is 8.75. The Labute approximate surface area is 218 Å². The molecule has 4 nitrogen and oxygen atoms in total. The first-order valence-electron chi connectivity index (χ1n) is 14.3. The Kier molecular flexibility index (Phi) is 13.3. The second-order valence-corrected chi connectivity index (χ2v) is 10.2. The Morgan fingerprint density at radius 1 is 0.833 bits per heavy atom. The highest BCUT2D eigenvalue weighted by Crippen LogP contribution is 2.30. The third kappa shape index (κ3) is 9.82. The predicted octanol–water partition coefficient (Wildman–Crippen LogP) is 9.04. The molecule has 2 heterocycles. The van der Waals surface area contributed by atoms with Crippen molar-refractivity contribution in [1.29, 1.82) is 0 Å². The van der Waals surface area contributed by atoms with Crippen molar-refractivity contribution in [2.75, 3.05) is 19.8 Å². The van der Waals surface area contributed by atoms with Gasteiger partial charge < -0.3 is 14.2 Å². The average molecular weight is 500 g/mol. The van der Waals surface area contributed by atoms with Gasteiger partial charge in [-0.2, -0.15) is 0 Å². The summed E-state index contributed by atoms with van der Waals surface area (Å²) in [5, 5.41) is 0. The van der Waals surface area contributed by atoms with Crippen molar-refractivity contribution in [1.82, 2.24) is 4.98 Å². The highest BCUT2D eigenvalue weighted by molar-refractivity contribution is 5.61. The first kappa shape index (κ1) is 28.6. The quantitative estimate of drug-likeness (QED) is 0.204. The highest BCUT2D eigenvalue weighted by Gasteiger charge is 2.23. The Bertz CT molecular complexity index is 849. The maximum atomic E-state index is 14.7. The van der Waals surface area contributed by atoms with Crippen LogP contribution in [0.15, 0.2) is 36.5 Å². The second-order valence-electron chi connectivity index (χ2n) is 10.2. The lowest BCUT2D eigenvalue weighted by Crippen LogP contribution is -2.27. The van der Waals surface area contributed by atoms with Crippen molar-refractivity contribution < 1.29 is 18.6 Å². The van der Waals surface area contributed by atoms with Crippen LogP contribution in [0, 0.1) is 11.7 Å². The molecule has 2 aromatic rings. The molecule has 1 fully saturated rings. The van der Waals surface area contributed by atoms with Crippen LogP contribution < -0.4 is 4.74 Å². The number of hydrogen-bond donors (Lipinski definition) is 0. The zero-order valence-corrected chi connectivity index (χ0v) is 22.5. The summed E-state index contributed by atoms with van der Waals surface area (Å²) in [6.45, 7) is 6.50. The summed E-state index contributed by atoms with van der Waals surface area (Å²) in [7, 11) is 0. The van der Waals surface area contributed by atoms with Gasteiger partial charge in [-0.25, -0.2) is 4.39 Å². The number of halogens is 1. The van der Waals surface area contributed by atoms with E-state index in [9.17, 15) is 4.39 Å². The average Bonchev–Trinajstić information content (AvgIpc) is 2.91. The van der Waals surface area contributed by atoms with Crippen molar-refractivity contribution in [3.05, 3.63) is 47.9 Å². The van der Waals surface area contributed by atoms with E-state index >= 15 is 0 Å². The number of ether oxygens (including phenoxy) is 3. The summed E-state index contributed by atoms with van der Waals surface area (Å²) >= 11 is 0. The van der Waals surface area contributed by atoms with Gasteiger partial charge in [0.25, 0.3) is 0 Å². The molecule has 3 rings (SSSR count). The molecule has 0 amide bonds. The first-order chi connectivity index (χ1) is 17.7. The smallest absolute Gasteiger partial charge is 0.185 e. The molecule has 1 saturated heterocycles. The fourth-order valence-electron chi connectivity index (χ4n) is 4.69. The van der Waals surface area contributed by atoms with Crippen molar-refractivity contribution in [3.8, 4) is 17.0 Å². The number of hydrogen-bond acceptors (Lipinski definition) is 4. The fourth-order valence-corrected chi connectivity index (χ4v) is 4.69. The van der Waals surface area contributed by atoms with E-state index in [0.29, 0.717) is 29.5 Å². The molecule has 0 radical (unpaired) electrons. The third-order valence-electron chi connectivity index (χ3n) is 6.97. The number of unbranched alkanes of at least 4 members (excludes halogenated alkanes) is 10. The van der Waals surface area contributed by atoms with Crippen molar-refractivity contribution >= 4 is 0 Å². The Hall–Kier alpha value is -1.98. The lowest BCUT2D eigenvalue weighted by molar-refractivity contribution is -0.206. The molecular weight excluding hydrogens is 453 g/mol. The number of rotatable bonds is 17. The highest BCUT2D eigenvalue weighted by atomic mass is 19.1. The first-order valence-corrected chi connectivity index (χ1v) is 14.3. The SMILES string of the molecule is CCCCCCCCCCC1COC(c2ccc(-c3ccc(OCCCCCC)cc3F)nc2)OC1. The number of aromatic nitrogens is 1. The van der Waals surface area contributed by atoms with Crippen LogP contribution in [0.2, 0.25) is 0 Å². The topological polar surface area (TPSA) is 40.6 Å². The van der Waals surface area contributed by atoms with Crippen LogP contribution >= 0.6 is 0 Å². The van der Waals surface area contributed by atoms with Gasteiger partial charge in [-0.1, -0.05) is 90.5 Å². The molecule has 1 aliphatic heterocycles. The molecule has 5 heteroatoms. The van der Waals surface area contributed by atoms with Gasteiger partial charge in [0.2, 0.25) is 0 Å². The summed E-state index contributed by atoms with van der Waals surface area (Å²) in [5.74, 6) is 0.709. The van der Waals surface area contributed by atoms with E-state index in [0.717, 1.165) is 38.0 Å². The fraction of sp³-hybridized carbons (Fsp3) is 0.645. The second kappa shape index (κ2) is 16.7. The van der Waals surface area contributed by atoms with Crippen LogP contribution in [-0.2, 0) is 9.47 Å². The Balaban J connectivity index is 1.38. The molecule has 1 aromatic heterocycles. The summed E-state index contributed by atoms with van der Waals surface area (Å²) in [5.41, 5.74) is 1.93. The molecule has 200 valence electrons. The zero-order valence-electron chi connectivity index (χ0n) is 22.5. The third-order valence-corrected chi connectivity index (χ3v) is 6.97. The standard InChI is InChI=1S/C31H46FNO3/c1-3-5-7-9-10-11-12-13-15-25-23-35-31(36-24-25)26-16-19-30(33-22-26)28-18-17-27(21-29(28)32)34-20-14-8-6-4-2/h16-19,21-22,25,31H,3-15,20,23-24H2,1-2H3. The maximum absolute atomic E-state index is 14.7. The molecule has 0 saturated carbocycles. The van der Waals surface area contributed by atoms with Crippen LogP contribution in [0.5, 0.6) is 5.75 Å². The van der Waals surface area contributed by atoms with Crippen molar-refractivity contribution in [3.63, 3.8) is 0 Å². The summed E-state index contributed by atoms with van der Waals surface area (Å²) < 4.78 is 32.4. The van der Waals surface area contributed by atoms with Gasteiger partial charge in [0, 0.05) is 29.3 Å². The molecule has 0 aliphatic carbocycles. The van der Waals surface area contributed by atoms with Gasteiger partial charge in [0.1, 0.15) is 11.6 Å². The minimum Gasteiger partial charge on any atom is -0.493 e. The summed E-state index contributed by atoms with van der Waals surface area (Å²) in [4.78, 5) is 4.49. The number of pyridine rings is 1. The molecule has 1 aliphatic rings. The monoisotopic (exact) mass is 499 g/mol. The van der Waals surface area contributed by atoms with Crippen LogP contribution in [-0.4, -0.2) is 24.8 Å². The van der Waals surface area contributed by atoms with Gasteiger partial charge in [-0.3, -0.25) is 4.98 Å². The van der Waals surface area contributed by atoms with Crippen molar-refractivity contribution in [2.24, 2.45) is 5.92 Å². The van der Waals surface area contributed by atoms with Gasteiger partial charge in [-0.05, 0) is 31.0 Å². The van der Waals surface area contributed by atoms with Gasteiger partial charge in [0.05, 0.1) is 25.5 Å². The van der Waals surface area contributed by atoms with Gasteiger partial charge >= 0.3 is 0 Å². The molecule has 0 bridgehead atoms. The van der Waals surface area contributed by atoms with E-state index in [1.165, 1.54) is 70.3 Å². The largest absolute Gasteiger partial charge is 0.493 e. The van der Waals surface area contributed by atoms with Gasteiger partial charge in [0.15, 0.2) is 6.29 Å². The lowest BCUT2D eigenvalue weighted by Gasteiger charge is -2.29. The molecular formula is C31H46FNO3. The molecule has 0 unspecified atom stereocenters. The van der Waals surface area contributed by atoms with E-state index in [1.54, 1.807) is 12.3 Å². The van der Waals surface area contributed by atoms with Crippen LogP contribution in [0.4, 0.5) is 4.39 Å². The maximum Gasteiger partial charge on any atom is 0.185 e. The van der Waals surface area contributed by atoms with E-state index in [2.05, 4.69) is 18.8 Å².